The van der Waals surface area contributed by atoms with Crippen LogP contribution in [-0.4, -0.2) is 64.1 Å². The van der Waals surface area contributed by atoms with Gasteiger partial charge in [0.05, 0.1) is 13.2 Å². The van der Waals surface area contributed by atoms with Gasteiger partial charge in [-0.25, -0.2) is 0 Å². The number of amides is 3. The molecule has 30 heavy (non-hydrogen) atoms. The molecule has 0 bridgehead atoms. The number of methoxy groups -OCH3 is 1. The predicted molar refractivity (Wildman–Crippen MR) is 108 cm³/mol. The molecule has 4 atom stereocenters. The van der Waals surface area contributed by atoms with E-state index < -0.39 is 29.1 Å². The van der Waals surface area contributed by atoms with Gasteiger partial charge in [0.1, 0.15) is 17.2 Å². The fraction of sp³-hybridized carbons (Fsp3) is 0.500. The third-order valence-electron chi connectivity index (χ3n) is 6.94. The van der Waals surface area contributed by atoms with Crippen LogP contribution in [0.1, 0.15) is 38.7 Å². The Labute approximate surface area is 174 Å². The maximum absolute atomic E-state index is 13.5. The van der Waals surface area contributed by atoms with E-state index in [9.17, 15) is 19.5 Å². The number of nitrogens with zero attached hydrogens (tertiary/aromatic N) is 2. The van der Waals surface area contributed by atoms with Crippen LogP contribution in [0.3, 0.4) is 0 Å². The number of carbonyl (C=O) groups is 3. The zero-order chi connectivity index (χ0) is 21.4. The van der Waals surface area contributed by atoms with E-state index in [1.807, 2.05) is 19.9 Å². The molecule has 8 heteroatoms. The molecule has 4 heterocycles. The van der Waals surface area contributed by atoms with Crippen LogP contribution in [0.25, 0.3) is 0 Å². The largest absolute Gasteiger partial charge is 0.497 e. The van der Waals surface area contributed by atoms with Crippen molar-refractivity contribution in [3.63, 3.8) is 0 Å². The third kappa shape index (κ3) is 2.17. The number of ether oxygens (including phenoxy) is 1. The number of hydrogen-bond donors (Lipinski definition) is 2. The molecule has 0 aromatic heterocycles. The Morgan fingerprint density at radius 3 is 2.77 bits per heavy atom. The molecule has 158 valence electrons. The van der Waals surface area contributed by atoms with E-state index in [2.05, 4.69) is 5.32 Å². The minimum absolute atomic E-state index is 0.173. The molecule has 1 aromatic rings. The molecule has 0 aliphatic carbocycles. The Bertz CT molecular complexity index is 1020. The zero-order valence-electron chi connectivity index (χ0n) is 17.3. The van der Waals surface area contributed by atoms with Crippen LogP contribution < -0.4 is 10.1 Å². The lowest BCUT2D eigenvalue weighted by molar-refractivity contribution is -0.192. The average molecular weight is 411 g/mol. The quantitative estimate of drug-likeness (QED) is 0.712. The van der Waals surface area contributed by atoms with Gasteiger partial charge in [0, 0.05) is 24.7 Å². The molecule has 3 fully saturated rings. The smallest absolute Gasteiger partial charge is 0.276 e. The number of nitrogens with one attached hydrogen (secondary N) is 1. The summed E-state index contributed by atoms with van der Waals surface area (Å²) in [6, 6.07) is 3.94. The fourth-order valence-electron chi connectivity index (χ4n) is 5.68. The van der Waals surface area contributed by atoms with E-state index in [1.165, 1.54) is 9.80 Å². The van der Waals surface area contributed by atoms with Crippen molar-refractivity contribution in [2.24, 2.45) is 0 Å². The summed E-state index contributed by atoms with van der Waals surface area (Å²) in [7, 11) is 1.54. The molecule has 0 radical (unpaired) electrons. The number of rotatable bonds is 2. The molecule has 1 spiro atoms. The maximum atomic E-state index is 13.5. The van der Waals surface area contributed by atoms with Crippen molar-refractivity contribution in [2.45, 2.75) is 56.3 Å². The van der Waals surface area contributed by atoms with E-state index in [0.29, 0.717) is 30.0 Å². The maximum Gasteiger partial charge on any atom is 0.276 e. The fourth-order valence-corrected chi connectivity index (χ4v) is 5.68. The monoisotopic (exact) mass is 411 g/mol. The van der Waals surface area contributed by atoms with E-state index in [-0.39, 0.29) is 18.2 Å². The number of fused-ring (bicyclic) bond motifs is 4. The zero-order valence-corrected chi connectivity index (χ0v) is 17.3. The summed E-state index contributed by atoms with van der Waals surface area (Å²) in [6.45, 7) is 4.21. The molecule has 3 amide bonds. The van der Waals surface area contributed by atoms with Crippen molar-refractivity contribution in [1.29, 1.82) is 0 Å². The molecule has 4 aliphatic rings. The van der Waals surface area contributed by atoms with E-state index >= 15 is 0 Å². The van der Waals surface area contributed by atoms with E-state index in [4.69, 9.17) is 4.74 Å². The van der Waals surface area contributed by atoms with Gasteiger partial charge in [0.25, 0.3) is 5.91 Å². The second-order valence-corrected chi connectivity index (χ2v) is 8.88. The van der Waals surface area contributed by atoms with Crippen LogP contribution >= 0.6 is 0 Å². The molecule has 3 saturated heterocycles. The molecule has 5 rings (SSSR count). The molecule has 4 aliphatic heterocycles. The number of anilines is 1. The second kappa shape index (κ2) is 6.07. The van der Waals surface area contributed by atoms with Crippen molar-refractivity contribution in [1.82, 2.24) is 9.80 Å². The highest BCUT2D eigenvalue weighted by molar-refractivity contribution is 6.11. The summed E-state index contributed by atoms with van der Waals surface area (Å²) >= 11 is 0. The van der Waals surface area contributed by atoms with Crippen LogP contribution in [0.4, 0.5) is 5.69 Å². The van der Waals surface area contributed by atoms with Crippen molar-refractivity contribution in [3.8, 4) is 5.75 Å². The Kier molecular flexibility index (Phi) is 3.87. The molecule has 2 N–H and O–H groups in total. The summed E-state index contributed by atoms with van der Waals surface area (Å²) in [6.07, 6.45) is 2.96. The molecule has 8 nitrogen and oxygen atoms in total. The van der Waals surface area contributed by atoms with E-state index in [0.717, 1.165) is 12.0 Å². The summed E-state index contributed by atoms with van der Waals surface area (Å²) in [5, 5.41) is 14.5. The lowest BCUT2D eigenvalue weighted by Gasteiger charge is -2.45. The Balaban J connectivity index is 1.73. The summed E-state index contributed by atoms with van der Waals surface area (Å²) < 4.78 is 5.28. The SMILES string of the molecule is COc1ccc2c(c1)NC(=O)[C@@]21C[C@]2(O)C(=O)N3CCCC3C(=O)N2[C@H]1C=C(C)C. The highest BCUT2D eigenvalue weighted by Crippen LogP contribution is 2.56. The molecule has 1 aromatic carbocycles. The van der Waals surface area contributed by atoms with Crippen molar-refractivity contribution in [2.75, 3.05) is 19.0 Å². The van der Waals surface area contributed by atoms with Gasteiger partial charge in [-0.2, -0.15) is 0 Å². The normalized spacial score (nSPS) is 34.1. The minimum Gasteiger partial charge on any atom is -0.497 e. The number of allylic oxidation sites excluding steroid dienone is 1. The van der Waals surface area contributed by atoms with Crippen LogP contribution in [-0.2, 0) is 19.8 Å². The van der Waals surface area contributed by atoms with Crippen LogP contribution in [0, 0.1) is 0 Å². The van der Waals surface area contributed by atoms with Crippen LogP contribution in [0.5, 0.6) is 5.75 Å². The Morgan fingerprint density at radius 2 is 2.07 bits per heavy atom. The highest BCUT2D eigenvalue weighted by Gasteiger charge is 2.72. The first-order chi connectivity index (χ1) is 14.2. The molecular formula is C22H25N3O5. The second-order valence-electron chi connectivity index (χ2n) is 8.88. The summed E-state index contributed by atoms with van der Waals surface area (Å²) in [5.41, 5.74) is -1.16. The third-order valence-corrected chi connectivity index (χ3v) is 6.94. The minimum atomic E-state index is -2.05. The molecular weight excluding hydrogens is 386 g/mol. The standard InChI is InChI=1S/C22H25N3O5/c1-12(2)9-17-21(14-7-6-13(30-3)10-15(14)23-19(21)27)11-22(29)20(28)24-8-4-5-16(24)18(26)25(17)22/h6-7,9-10,16-17,29H,4-5,8,11H2,1-3H3,(H,23,27)/t16?,17-,21-,22-/m0/s1. The molecule has 1 unspecified atom stereocenters. The first kappa shape index (κ1) is 19.1. The van der Waals surface area contributed by atoms with Crippen LogP contribution in [0.2, 0.25) is 0 Å². The van der Waals surface area contributed by atoms with Gasteiger partial charge in [-0.3, -0.25) is 19.3 Å². The number of carbonyl (C=O) groups excluding carboxylic acids is 3. The topological polar surface area (TPSA) is 99.2 Å². The van der Waals surface area contributed by atoms with Crippen LogP contribution in [0.15, 0.2) is 29.8 Å². The Hall–Kier alpha value is -2.87. The average Bonchev–Trinajstić information content (AvgIpc) is 3.35. The Morgan fingerprint density at radius 1 is 1.30 bits per heavy atom. The highest BCUT2D eigenvalue weighted by atomic mass is 16.5. The first-order valence-corrected chi connectivity index (χ1v) is 10.3. The van der Waals surface area contributed by atoms with Crippen molar-refractivity contribution < 1.29 is 24.2 Å². The van der Waals surface area contributed by atoms with Gasteiger partial charge in [0.15, 0.2) is 0 Å². The van der Waals surface area contributed by atoms with Gasteiger partial charge < -0.3 is 20.1 Å². The summed E-state index contributed by atoms with van der Waals surface area (Å²) in [5.74, 6) is -0.504. The van der Waals surface area contributed by atoms with Gasteiger partial charge in [-0.1, -0.05) is 17.7 Å². The number of hydrogen-bond acceptors (Lipinski definition) is 5. The van der Waals surface area contributed by atoms with Gasteiger partial charge in [-0.15, -0.1) is 0 Å². The summed E-state index contributed by atoms with van der Waals surface area (Å²) in [4.78, 5) is 43.0. The lowest BCUT2D eigenvalue weighted by atomic mass is 9.73. The van der Waals surface area contributed by atoms with Gasteiger partial charge in [0.2, 0.25) is 17.5 Å². The van der Waals surface area contributed by atoms with Gasteiger partial charge >= 0.3 is 0 Å². The van der Waals surface area contributed by atoms with Gasteiger partial charge in [-0.05, 0) is 38.3 Å². The van der Waals surface area contributed by atoms with Crippen molar-refractivity contribution >= 4 is 23.4 Å². The van der Waals surface area contributed by atoms with E-state index in [1.54, 1.807) is 25.3 Å². The van der Waals surface area contributed by atoms with Crippen molar-refractivity contribution in [3.05, 3.63) is 35.4 Å². The number of piperazine rings is 1. The first-order valence-electron chi connectivity index (χ1n) is 10.3. The number of benzene rings is 1. The molecule has 0 saturated carbocycles. The number of aliphatic hydroxyl groups is 1. The predicted octanol–water partition coefficient (Wildman–Crippen LogP) is 1.15. The lowest BCUT2D eigenvalue weighted by Crippen LogP contribution is -2.69.